The van der Waals surface area contributed by atoms with Gasteiger partial charge in [0, 0.05) is 25.3 Å². The molecular formula is C19H22N4O2S. The first kappa shape index (κ1) is 16.2. The van der Waals surface area contributed by atoms with Crippen LogP contribution in [0.5, 0.6) is 0 Å². The number of hydrogen-bond donors (Lipinski definition) is 2. The number of nitrogens with zero attached hydrogens (tertiary/aromatic N) is 3. The standard InChI is InChI=1S/C19H22N4O2S/c24-12-19(7-3-8-19)22-17-16-15(6-9-26(16)25)20-18(21-17)23-10-13-4-1-2-5-14(13)11-23/h1-2,4-5,24H,3,6-12H2,(H,20,21,22). The molecule has 7 heteroatoms. The summed E-state index contributed by atoms with van der Waals surface area (Å²) in [4.78, 5) is 12.4. The molecule has 2 N–H and O–H groups in total. The van der Waals surface area contributed by atoms with Crippen LogP contribution < -0.4 is 10.2 Å². The van der Waals surface area contributed by atoms with Crippen LogP contribution in [-0.2, 0) is 30.3 Å². The zero-order valence-corrected chi connectivity index (χ0v) is 15.4. The topological polar surface area (TPSA) is 78.4 Å². The highest BCUT2D eigenvalue weighted by atomic mass is 32.2. The Bertz CT molecular complexity index is 867. The summed E-state index contributed by atoms with van der Waals surface area (Å²) in [5.41, 5.74) is 3.18. The first-order chi connectivity index (χ1) is 12.7. The fraction of sp³-hybridized carbons (Fsp3) is 0.474. The fourth-order valence-corrected chi connectivity index (χ4v) is 5.37. The highest BCUT2D eigenvalue weighted by Crippen LogP contribution is 2.39. The van der Waals surface area contributed by atoms with Gasteiger partial charge in [-0.05, 0) is 30.4 Å². The van der Waals surface area contributed by atoms with Crippen LogP contribution in [0.1, 0.15) is 36.1 Å². The summed E-state index contributed by atoms with van der Waals surface area (Å²) in [6.45, 7) is 1.66. The number of aliphatic hydroxyl groups excluding tert-OH is 1. The third-order valence-corrected chi connectivity index (χ3v) is 7.26. The zero-order valence-electron chi connectivity index (χ0n) is 14.6. The second-order valence-corrected chi connectivity index (χ2v) is 9.00. The van der Waals surface area contributed by atoms with E-state index in [2.05, 4.69) is 34.5 Å². The van der Waals surface area contributed by atoms with Crippen molar-refractivity contribution in [2.75, 3.05) is 22.6 Å². The molecule has 0 bridgehead atoms. The summed E-state index contributed by atoms with van der Waals surface area (Å²) in [5, 5.41) is 13.3. The molecule has 1 unspecified atom stereocenters. The molecule has 1 saturated carbocycles. The van der Waals surface area contributed by atoms with E-state index in [1.807, 2.05) is 0 Å². The van der Waals surface area contributed by atoms with Gasteiger partial charge in [0.25, 0.3) is 0 Å². The van der Waals surface area contributed by atoms with Crippen LogP contribution in [0.4, 0.5) is 11.8 Å². The molecule has 3 heterocycles. The zero-order chi connectivity index (χ0) is 17.7. The quantitative estimate of drug-likeness (QED) is 0.857. The van der Waals surface area contributed by atoms with Gasteiger partial charge in [0.2, 0.25) is 5.95 Å². The lowest BCUT2D eigenvalue weighted by atomic mass is 9.77. The van der Waals surface area contributed by atoms with Crippen molar-refractivity contribution in [1.29, 1.82) is 0 Å². The lowest BCUT2D eigenvalue weighted by molar-refractivity contribution is 0.143. The van der Waals surface area contributed by atoms with Crippen LogP contribution in [0.15, 0.2) is 29.2 Å². The summed E-state index contributed by atoms with van der Waals surface area (Å²) in [5.74, 6) is 1.95. The minimum atomic E-state index is -1.06. The Hall–Kier alpha value is -1.99. The molecule has 3 aliphatic rings. The average molecular weight is 370 g/mol. The van der Waals surface area contributed by atoms with E-state index >= 15 is 0 Å². The first-order valence-corrected chi connectivity index (χ1v) is 10.5. The molecule has 0 amide bonds. The van der Waals surface area contributed by atoms with E-state index in [-0.39, 0.29) is 12.1 Å². The van der Waals surface area contributed by atoms with Gasteiger partial charge in [-0.1, -0.05) is 24.3 Å². The van der Waals surface area contributed by atoms with Crippen molar-refractivity contribution in [2.45, 2.75) is 49.2 Å². The normalized spacial score (nSPS) is 22.7. The number of aryl methyl sites for hydroxylation is 1. The van der Waals surface area contributed by atoms with E-state index in [1.165, 1.54) is 11.1 Å². The highest BCUT2D eigenvalue weighted by molar-refractivity contribution is 7.85. The maximum absolute atomic E-state index is 12.5. The van der Waals surface area contributed by atoms with Crippen molar-refractivity contribution < 1.29 is 9.32 Å². The van der Waals surface area contributed by atoms with Crippen LogP contribution in [-0.4, -0.2) is 37.2 Å². The summed E-state index contributed by atoms with van der Waals surface area (Å²) in [7, 11) is -1.06. The van der Waals surface area contributed by atoms with Crippen LogP contribution in [0.25, 0.3) is 0 Å². The third-order valence-electron chi connectivity index (χ3n) is 5.80. The van der Waals surface area contributed by atoms with Gasteiger partial charge < -0.3 is 15.3 Å². The molecule has 1 aromatic carbocycles. The van der Waals surface area contributed by atoms with Gasteiger partial charge in [0.05, 0.1) is 28.6 Å². The smallest absolute Gasteiger partial charge is 0.228 e. The number of hydrogen-bond acceptors (Lipinski definition) is 6. The van der Waals surface area contributed by atoms with Crippen molar-refractivity contribution in [2.24, 2.45) is 0 Å². The molecule has 1 fully saturated rings. The molecule has 1 aromatic heterocycles. The van der Waals surface area contributed by atoms with E-state index < -0.39 is 10.8 Å². The Morgan fingerprint density at radius 3 is 2.54 bits per heavy atom. The summed E-state index contributed by atoms with van der Waals surface area (Å²) < 4.78 is 12.5. The Morgan fingerprint density at radius 2 is 1.92 bits per heavy atom. The summed E-state index contributed by atoms with van der Waals surface area (Å²) in [6, 6.07) is 8.41. The Kier molecular flexibility index (Phi) is 3.76. The number of nitrogens with one attached hydrogen (secondary N) is 1. The van der Waals surface area contributed by atoms with Crippen molar-refractivity contribution in [3.63, 3.8) is 0 Å². The van der Waals surface area contributed by atoms with E-state index in [1.54, 1.807) is 0 Å². The second-order valence-electron chi connectivity index (χ2n) is 7.49. The molecule has 5 rings (SSSR count). The molecule has 6 nitrogen and oxygen atoms in total. The molecule has 0 radical (unpaired) electrons. The second kappa shape index (κ2) is 6.03. The van der Waals surface area contributed by atoms with Crippen molar-refractivity contribution in [1.82, 2.24) is 9.97 Å². The van der Waals surface area contributed by atoms with Gasteiger partial charge in [0.1, 0.15) is 10.7 Å². The van der Waals surface area contributed by atoms with Gasteiger partial charge in [0.15, 0.2) is 0 Å². The molecule has 1 atom stereocenters. The molecule has 2 aliphatic heterocycles. The van der Waals surface area contributed by atoms with Crippen LogP contribution in [0.2, 0.25) is 0 Å². The van der Waals surface area contributed by atoms with Crippen molar-refractivity contribution in [3.8, 4) is 0 Å². The van der Waals surface area contributed by atoms with Gasteiger partial charge in [-0.25, -0.2) is 4.98 Å². The van der Waals surface area contributed by atoms with Gasteiger partial charge in [-0.2, -0.15) is 4.98 Å². The Morgan fingerprint density at radius 1 is 1.19 bits per heavy atom. The molecule has 2 aromatic rings. The van der Waals surface area contributed by atoms with Crippen LogP contribution >= 0.6 is 0 Å². The van der Waals surface area contributed by atoms with Crippen molar-refractivity contribution >= 4 is 22.6 Å². The SMILES string of the molecule is O=S1CCc2nc(N3Cc4ccccc4C3)nc(NC3(CO)CCC3)c21. The maximum atomic E-state index is 12.5. The lowest BCUT2D eigenvalue weighted by Crippen LogP contribution is -2.48. The Balaban J connectivity index is 1.52. The lowest BCUT2D eigenvalue weighted by Gasteiger charge is -2.41. The fourth-order valence-electron chi connectivity index (χ4n) is 4.06. The summed E-state index contributed by atoms with van der Waals surface area (Å²) in [6.07, 6.45) is 3.65. The molecule has 1 aliphatic carbocycles. The molecule has 0 spiro atoms. The van der Waals surface area contributed by atoms with E-state index in [0.29, 0.717) is 17.5 Å². The number of fused-ring (bicyclic) bond motifs is 2. The number of rotatable bonds is 4. The van der Waals surface area contributed by atoms with E-state index in [0.717, 1.165) is 49.4 Å². The number of anilines is 2. The van der Waals surface area contributed by atoms with Gasteiger partial charge in [-0.15, -0.1) is 0 Å². The number of aliphatic hydroxyl groups is 1. The molecule has 0 saturated heterocycles. The van der Waals surface area contributed by atoms with Crippen LogP contribution in [0, 0.1) is 0 Å². The molecule has 136 valence electrons. The van der Waals surface area contributed by atoms with Gasteiger partial charge in [-0.3, -0.25) is 4.21 Å². The Labute approximate surface area is 155 Å². The minimum absolute atomic E-state index is 0.0723. The average Bonchev–Trinajstić information content (AvgIpc) is 3.22. The minimum Gasteiger partial charge on any atom is -0.394 e. The van der Waals surface area contributed by atoms with Crippen LogP contribution in [0.3, 0.4) is 0 Å². The third kappa shape index (κ3) is 2.53. The van der Waals surface area contributed by atoms with Crippen molar-refractivity contribution in [3.05, 3.63) is 41.1 Å². The maximum Gasteiger partial charge on any atom is 0.228 e. The molecule has 26 heavy (non-hydrogen) atoms. The summed E-state index contributed by atoms with van der Waals surface area (Å²) >= 11 is 0. The highest BCUT2D eigenvalue weighted by Gasteiger charge is 2.39. The monoisotopic (exact) mass is 370 g/mol. The molecular weight excluding hydrogens is 348 g/mol. The van der Waals surface area contributed by atoms with E-state index in [4.69, 9.17) is 9.97 Å². The first-order valence-electron chi connectivity index (χ1n) is 9.17. The largest absolute Gasteiger partial charge is 0.394 e. The van der Waals surface area contributed by atoms with Gasteiger partial charge >= 0.3 is 0 Å². The van der Waals surface area contributed by atoms with E-state index in [9.17, 15) is 9.32 Å². The number of benzene rings is 1. The number of aromatic nitrogens is 2. The predicted octanol–water partition coefficient (Wildman–Crippen LogP) is 1.99. The predicted molar refractivity (Wildman–Crippen MR) is 101 cm³/mol.